The van der Waals surface area contributed by atoms with Crippen LogP contribution in [0.15, 0.2) is 54.6 Å². The first-order valence-electron chi connectivity index (χ1n) is 7.17. The highest BCUT2D eigenvalue weighted by Gasteiger charge is 2.14. The second-order valence-corrected chi connectivity index (χ2v) is 6.03. The standard InChI is InChI=1S/C18H21NOS/c1-13-8-10-16(11-9-13)18(20)19-14(2)12-17(21)15-6-4-3-5-7-15/h3-11,14,17,21H,12H2,1-2H3,(H,19,20)/t14-,17+/m1/s1. The van der Waals surface area contributed by atoms with Crippen LogP contribution in [0.4, 0.5) is 0 Å². The summed E-state index contributed by atoms with van der Waals surface area (Å²) in [6.07, 6.45) is 0.796. The number of thiol groups is 1. The van der Waals surface area contributed by atoms with Crippen molar-refractivity contribution in [2.45, 2.75) is 31.6 Å². The van der Waals surface area contributed by atoms with Gasteiger partial charge in [0.15, 0.2) is 0 Å². The minimum atomic E-state index is -0.0314. The molecule has 0 heterocycles. The van der Waals surface area contributed by atoms with Gasteiger partial charge in [0.1, 0.15) is 0 Å². The number of nitrogens with one attached hydrogen (secondary N) is 1. The van der Waals surface area contributed by atoms with Gasteiger partial charge in [0.05, 0.1) is 0 Å². The van der Waals surface area contributed by atoms with Crippen molar-refractivity contribution in [1.82, 2.24) is 5.32 Å². The zero-order valence-electron chi connectivity index (χ0n) is 12.4. The SMILES string of the molecule is Cc1ccc(C(=O)N[C@H](C)C[C@H](S)c2ccccc2)cc1. The molecule has 2 atom stereocenters. The molecule has 110 valence electrons. The van der Waals surface area contributed by atoms with Crippen molar-refractivity contribution in [3.63, 3.8) is 0 Å². The second-order valence-electron chi connectivity index (χ2n) is 5.40. The molecule has 1 amide bonds. The van der Waals surface area contributed by atoms with E-state index in [4.69, 9.17) is 0 Å². The molecular formula is C18H21NOS. The molecule has 21 heavy (non-hydrogen) atoms. The Labute approximate surface area is 132 Å². The zero-order chi connectivity index (χ0) is 15.2. The predicted molar refractivity (Wildman–Crippen MR) is 90.9 cm³/mol. The number of rotatable bonds is 5. The monoisotopic (exact) mass is 299 g/mol. The number of hydrogen-bond acceptors (Lipinski definition) is 2. The quantitative estimate of drug-likeness (QED) is 0.797. The molecule has 1 N–H and O–H groups in total. The molecule has 0 unspecified atom stereocenters. The highest BCUT2D eigenvalue weighted by molar-refractivity contribution is 7.80. The van der Waals surface area contributed by atoms with E-state index in [9.17, 15) is 4.79 Å². The molecule has 3 heteroatoms. The number of aryl methyl sites for hydroxylation is 1. The fourth-order valence-electron chi connectivity index (χ4n) is 2.22. The van der Waals surface area contributed by atoms with Crippen molar-refractivity contribution < 1.29 is 4.79 Å². The molecule has 0 saturated carbocycles. The van der Waals surface area contributed by atoms with Gasteiger partial charge in [-0.2, -0.15) is 12.6 Å². The molecule has 2 aromatic rings. The predicted octanol–water partition coefficient (Wildman–Crippen LogP) is 4.17. The van der Waals surface area contributed by atoms with Crippen LogP contribution in [0.25, 0.3) is 0 Å². The summed E-state index contributed by atoms with van der Waals surface area (Å²) in [5.74, 6) is -0.0314. The Hall–Kier alpha value is -1.74. The molecule has 0 aliphatic heterocycles. The highest BCUT2D eigenvalue weighted by Crippen LogP contribution is 2.24. The largest absolute Gasteiger partial charge is 0.350 e. The van der Waals surface area contributed by atoms with E-state index in [1.165, 1.54) is 5.56 Å². The van der Waals surface area contributed by atoms with Gasteiger partial charge in [0.25, 0.3) is 5.91 Å². The fraction of sp³-hybridized carbons (Fsp3) is 0.278. The van der Waals surface area contributed by atoms with Gasteiger partial charge >= 0.3 is 0 Å². The molecule has 2 nitrogen and oxygen atoms in total. The van der Waals surface area contributed by atoms with E-state index in [2.05, 4.69) is 30.1 Å². The summed E-state index contributed by atoms with van der Waals surface area (Å²) in [5, 5.41) is 3.15. The summed E-state index contributed by atoms with van der Waals surface area (Å²) in [4.78, 5) is 12.1. The van der Waals surface area contributed by atoms with Crippen molar-refractivity contribution in [2.75, 3.05) is 0 Å². The molecule has 0 aromatic heterocycles. The molecule has 0 aliphatic rings. The van der Waals surface area contributed by atoms with Crippen LogP contribution in [0.1, 0.15) is 40.1 Å². The van der Waals surface area contributed by atoms with Crippen molar-refractivity contribution >= 4 is 18.5 Å². The Morgan fingerprint density at radius 1 is 1.10 bits per heavy atom. The molecule has 0 bridgehead atoms. The van der Waals surface area contributed by atoms with Gasteiger partial charge in [-0.15, -0.1) is 0 Å². The summed E-state index contributed by atoms with van der Waals surface area (Å²) in [5.41, 5.74) is 3.03. The van der Waals surface area contributed by atoms with Crippen molar-refractivity contribution in [3.05, 3.63) is 71.3 Å². The Morgan fingerprint density at radius 2 is 1.71 bits per heavy atom. The number of hydrogen-bond donors (Lipinski definition) is 2. The topological polar surface area (TPSA) is 29.1 Å². The van der Waals surface area contributed by atoms with Gasteiger partial charge in [-0.05, 0) is 38.0 Å². The molecule has 0 spiro atoms. The molecule has 2 rings (SSSR count). The normalized spacial score (nSPS) is 13.5. The number of carbonyl (C=O) groups excluding carboxylic acids is 1. The third-order valence-corrected chi connectivity index (χ3v) is 3.96. The minimum absolute atomic E-state index is 0.0314. The average Bonchev–Trinajstić information content (AvgIpc) is 2.48. The number of benzene rings is 2. The first-order valence-corrected chi connectivity index (χ1v) is 7.68. The summed E-state index contributed by atoms with van der Waals surface area (Å²) in [7, 11) is 0. The lowest BCUT2D eigenvalue weighted by molar-refractivity contribution is 0.0938. The van der Waals surface area contributed by atoms with E-state index < -0.39 is 0 Å². The molecule has 0 fully saturated rings. The van der Waals surface area contributed by atoms with Crippen LogP contribution in [0.3, 0.4) is 0 Å². The summed E-state index contributed by atoms with van der Waals surface area (Å²) >= 11 is 4.63. The summed E-state index contributed by atoms with van der Waals surface area (Å²) in [6, 6.07) is 17.8. The van der Waals surface area contributed by atoms with Crippen LogP contribution in [-0.4, -0.2) is 11.9 Å². The molecule has 2 aromatic carbocycles. The fourth-order valence-corrected chi connectivity index (χ4v) is 2.71. The molecule has 0 radical (unpaired) electrons. The van der Waals surface area contributed by atoms with Gasteiger partial charge in [-0.25, -0.2) is 0 Å². The van der Waals surface area contributed by atoms with Gasteiger partial charge < -0.3 is 5.32 Å². The van der Waals surface area contributed by atoms with E-state index in [0.717, 1.165) is 12.0 Å². The Kier molecular flexibility index (Phi) is 5.45. The van der Waals surface area contributed by atoms with E-state index in [1.54, 1.807) is 0 Å². The van der Waals surface area contributed by atoms with Crippen molar-refractivity contribution in [3.8, 4) is 0 Å². The van der Waals surface area contributed by atoms with E-state index >= 15 is 0 Å². The Balaban J connectivity index is 1.91. The van der Waals surface area contributed by atoms with Crippen LogP contribution in [0.5, 0.6) is 0 Å². The van der Waals surface area contributed by atoms with Gasteiger partial charge in [-0.3, -0.25) is 4.79 Å². The lowest BCUT2D eigenvalue weighted by atomic mass is 10.0. The maximum atomic E-state index is 12.1. The number of amides is 1. The van der Waals surface area contributed by atoms with Crippen LogP contribution in [0, 0.1) is 6.92 Å². The van der Waals surface area contributed by atoms with Crippen molar-refractivity contribution in [2.24, 2.45) is 0 Å². The maximum absolute atomic E-state index is 12.1. The van der Waals surface area contributed by atoms with Crippen molar-refractivity contribution in [1.29, 1.82) is 0 Å². The van der Waals surface area contributed by atoms with Gasteiger partial charge in [0, 0.05) is 16.9 Å². The lowest BCUT2D eigenvalue weighted by Crippen LogP contribution is -2.33. The van der Waals surface area contributed by atoms with Crippen LogP contribution in [0.2, 0.25) is 0 Å². The van der Waals surface area contributed by atoms with E-state index in [-0.39, 0.29) is 17.2 Å². The minimum Gasteiger partial charge on any atom is -0.350 e. The highest BCUT2D eigenvalue weighted by atomic mass is 32.1. The van der Waals surface area contributed by atoms with Crippen LogP contribution in [-0.2, 0) is 0 Å². The molecular weight excluding hydrogens is 278 g/mol. The smallest absolute Gasteiger partial charge is 0.251 e. The third kappa shape index (κ3) is 4.64. The molecule has 0 saturated heterocycles. The van der Waals surface area contributed by atoms with Gasteiger partial charge in [0.2, 0.25) is 0 Å². The third-order valence-electron chi connectivity index (χ3n) is 3.45. The second kappa shape index (κ2) is 7.32. The average molecular weight is 299 g/mol. The maximum Gasteiger partial charge on any atom is 0.251 e. The van der Waals surface area contributed by atoms with E-state index in [1.807, 2.05) is 56.3 Å². The first kappa shape index (κ1) is 15.6. The number of carbonyl (C=O) groups is 1. The van der Waals surface area contributed by atoms with Crippen LogP contribution >= 0.6 is 12.6 Å². The molecule has 0 aliphatic carbocycles. The lowest BCUT2D eigenvalue weighted by Gasteiger charge is -2.18. The van der Waals surface area contributed by atoms with E-state index in [0.29, 0.717) is 5.56 Å². The Bertz CT molecular complexity index is 580. The Morgan fingerprint density at radius 3 is 2.33 bits per heavy atom. The van der Waals surface area contributed by atoms with Gasteiger partial charge in [-0.1, -0.05) is 48.0 Å². The summed E-state index contributed by atoms with van der Waals surface area (Å²) in [6.45, 7) is 4.02. The first-order chi connectivity index (χ1) is 10.1. The summed E-state index contributed by atoms with van der Waals surface area (Å²) < 4.78 is 0. The zero-order valence-corrected chi connectivity index (χ0v) is 13.3. The van der Waals surface area contributed by atoms with Crippen LogP contribution < -0.4 is 5.32 Å².